The number of hydrogen-bond acceptors (Lipinski definition) is 3. The van der Waals surface area contributed by atoms with Crippen LogP contribution in [0, 0.1) is 10.1 Å². The first kappa shape index (κ1) is 12.6. The predicted molar refractivity (Wildman–Crippen MR) is 65.5 cm³/mol. The van der Waals surface area contributed by atoms with Crippen molar-refractivity contribution in [2.45, 2.75) is 6.92 Å². The van der Waals surface area contributed by atoms with Gasteiger partial charge in [0.05, 0.1) is 4.92 Å². The Balaban J connectivity index is 2.98. The third kappa shape index (κ3) is 3.27. The van der Waals surface area contributed by atoms with Crippen LogP contribution in [0.4, 0.5) is 5.69 Å². The number of halogens is 1. The number of hydrogen-bond donors (Lipinski definition) is 0. The standard InChI is InChI=1S/C11H10BrNO3/c1-8(14)10(7-12)6-9-2-4-11(5-3-9)13(15)16/h2-6H,7H2,1H3/b10-6+. The zero-order valence-electron chi connectivity index (χ0n) is 8.64. The van der Waals surface area contributed by atoms with Crippen LogP contribution in [0.5, 0.6) is 0 Å². The van der Waals surface area contributed by atoms with Gasteiger partial charge in [0.1, 0.15) is 0 Å². The van der Waals surface area contributed by atoms with Gasteiger partial charge < -0.3 is 0 Å². The molecule has 16 heavy (non-hydrogen) atoms. The number of benzene rings is 1. The molecule has 0 saturated carbocycles. The van der Waals surface area contributed by atoms with Crippen molar-refractivity contribution >= 4 is 33.5 Å². The highest BCUT2D eigenvalue weighted by Crippen LogP contribution is 2.15. The van der Waals surface area contributed by atoms with Gasteiger partial charge in [-0.05, 0) is 30.7 Å². The molecule has 5 heteroatoms. The van der Waals surface area contributed by atoms with Gasteiger partial charge in [-0.15, -0.1) is 0 Å². The summed E-state index contributed by atoms with van der Waals surface area (Å²) in [7, 11) is 0. The molecule has 0 aromatic heterocycles. The minimum absolute atomic E-state index is 0.0183. The van der Waals surface area contributed by atoms with Crippen LogP contribution in [0.2, 0.25) is 0 Å². The Kier molecular flexibility index (Phi) is 4.37. The topological polar surface area (TPSA) is 60.2 Å². The molecule has 1 aromatic rings. The second-order valence-electron chi connectivity index (χ2n) is 3.21. The lowest BCUT2D eigenvalue weighted by Crippen LogP contribution is -1.97. The Morgan fingerprint density at radius 3 is 2.38 bits per heavy atom. The first-order chi connectivity index (χ1) is 7.54. The largest absolute Gasteiger partial charge is 0.295 e. The van der Waals surface area contributed by atoms with E-state index in [2.05, 4.69) is 15.9 Å². The number of nitrogens with zero attached hydrogens (tertiary/aromatic N) is 1. The Morgan fingerprint density at radius 2 is 2.00 bits per heavy atom. The summed E-state index contributed by atoms with van der Waals surface area (Å²) in [4.78, 5) is 21.1. The molecule has 0 bridgehead atoms. The number of allylic oxidation sites excluding steroid dienone is 1. The van der Waals surface area contributed by atoms with E-state index >= 15 is 0 Å². The van der Waals surface area contributed by atoms with Crippen LogP contribution < -0.4 is 0 Å². The fourth-order valence-electron chi connectivity index (χ4n) is 1.13. The number of carbonyl (C=O) groups is 1. The molecule has 0 amide bonds. The molecule has 0 heterocycles. The van der Waals surface area contributed by atoms with Gasteiger partial charge in [-0.1, -0.05) is 15.9 Å². The van der Waals surface area contributed by atoms with E-state index in [1.165, 1.54) is 19.1 Å². The van der Waals surface area contributed by atoms with Crippen molar-refractivity contribution in [1.82, 2.24) is 0 Å². The molecule has 1 rings (SSSR count). The van der Waals surface area contributed by atoms with Gasteiger partial charge in [-0.2, -0.15) is 0 Å². The van der Waals surface area contributed by atoms with E-state index < -0.39 is 4.92 Å². The highest BCUT2D eigenvalue weighted by Gasteiger charge is 2.05. The SMILES string of the molecule is CC(=O)/C(=C/c1ccc([N+](=O)[O-])cc1)CBr. The molecular formula is C11H10BrNO3. The van der Waals surface area contributed by atoms with Gasteiger partial charge in [0.15, 0.2) is 5.78 Å². The lowest BCUT2D eigenvalue weighted by Gasteiger charge is -1.98. The maximum Gasteiger partial charge on any atom is 0.269 e. The van der Waals surface area contributed by atoms with E-state index in [-0.39, 0.29) is 11.5 Å². The molecule has 4 nitrogen and oxygen atoms in total. The second-order valence-corrected chi connectivity index (χ2v) is 3.77. The van der Waals surface area contributed by atoms with E-state index in [9.17, 15) is 14.9 Å². The van der Waals surface area contributed by atoms with Crippen molar-refractivity contribution in [1.29, 1.82) is 0 Å². The third-order valence-electron chi connectivity index (χ3n) is 2.04. The van der Waals surface area contributed by atoms with E-state index in [4.69, 9.17) is 0 Å². The average Bonchev–Trinajstić information content (AvgIpc) is 2.26. The Morgan fingerprint density at radius 1 is 1.44 bits per heavy atom. The van der Waals surface area contributed by atoms with Crippen molar-refractivity contribution in [3.8, 4) is 0 Å². The number of nitro benzene ring substituents is 1. The van der Waals surface area contributed by atoms with Crippen molar-refractivity contribution in [3.05, 3.63) is 45.5 Å². The number of rotatable bonds is 4. The first-order valence-electron chi connectivity index (χ1n) is 4.56. The molecule has 0 aliphatic rings. The molecule has 0 aliphatic heterocycles. The van der Waals surface area contributed by atoms with E-state index in [1.807, 2.05) is 0 Å². The van der Waals surface area contributed by atoms with Gasteiger partial charge in [0, 0.05) is 23.0 Å². The van der Waals surface area contributed by atoms with Crippen LogP contribution in [0.25, 0.3) is 6.08 Å². The number of alkyl halides is 1. The maximum absolute atomic E-state index is 11.1. The van der Waals surface area contributed by atoms with Crippen molar-refractivity contribution in [2.24, 2.45) is 0 Å². The van der Waals surface area contributed by atoms with Crippen LogP contribution in [-0.2, 0) is 4.79 Å². The van der Waals surface area contributed by atoms with Gasteiger partial charge in [-0.25, -0.2) is 0 Å². The molecule has 0 saturated heterocycles. The average molecular weight is 284 g/mol. The molecule has 0 spiro atoms. The molecule has 84 valence electrons. The number of nitro groups is 1. The van der Waals surface area contributed by atoms with Crippen molar-refractivity contribution in [3.63, 3.8) is 0 Å². The number of carbonyl (C=O) groups excluding carboxylic acids is 1. The lowest BCUT2D eigenvalue weighted by molar-refractivity contribution is -0.384. The quantitative estimate of drug-likeness (QED) is 0.369. The molecule has 0 fully saturated rings. The summed E-state index contributed by atoms with van der Waals surface area (Å²) in [6.45, 7) is 1.48. The van der Waals surface area contributed by atoms with E-state index in [0.29, 0.717) is 10.9 Å². The van der Waals surface area contributed by atoms with Gasteiger partial charge >= 0.3 is 0 Å². The van der Waals surface area contributed by atoms with E-state index in [1.54, 1.807) is 18.2 Å². The monoisotopic (exact) mass is 283 g/mol. The van der Waals surface area contributed by atoms with E-state index in [0.717, 1.165) is 5.56 Å². The minimum Gasteiger partial charge on any atom is -0.295 e. The van der Waals surface area contributed by atoms with Crippen molar-refractivity contribution in [2.75, 3.05) is 5.33 Å². The normalized spacial score (nSPS) is 11.2. The smallest absolute Gasteiger partial charge is 0.269 e. The zero-order chi connectivity index (χ0) is 12.1. The number of ketones is 1. The molecule has 0 aliphatic carbocycles. The zero-order valence-corrected chi connectivity index (χ0v) is 10.2. The Hall–Kier alpha value is -1.49. The summed E-state index contributed by atoms with van der Waals surface area (Å²) in [5.74, 6) is -0.0183. The van der Waals surface area contributed by atoms with Crippen LogP contribution in [0.3, 0.4) is 0 Å². The minimum atomic E-state index is -0.454. The van der Waals surface area contributed by atoms with Gasteiger partial charge in [0.25, 0.3) is 5.69 Å². The maximum atomic E-state index is 11.1. The molecule has 0 radical (unpaired) electrons. The summed E-state index contributed by atoms with van der Waals surface area (Å²) < 4.78 is 0. The number of non-ortho nitro benzene ring substituents is 1. The third-order valence-corrected chi connectivity index (χ3v) is 2.65. The molecule has 1 aromatic carbocycles. The fourth-order valence-corrected chi connectivity index (χ4v) is 1.68. The number of Topliss-reactive ketones (excluding diaryl/α,β-unsaturated/α-hetero) is 1. The molecule has 0 atom stereocenters. The summed E-state index contributed by atoms with van der Waals surface area (Å²) in [5.41, 5.74) is 1.45. The highest BCUT2D eigenvalue weighted by molar-refractivity contribution is 9.09. The summed E-state index contributed by atoms with van der Waals surface area (Å²) >= 11 is 3.21. The molecule has 0 N–H and O–H groups in total. The highest BCUT2D eigenvalue weighted by atomic mass is 79.9. The van der Waals surface area contributed by atoms with Crippen molar-refractivity contribution < 1.29 is 9.72 Å². The second kappa shape index (κ2) is 5.55. The van der Waals surface area contributed by atoms with Gasteiger partial charge in [0.2, 0.25) is 0 Å². The van der Waals surface area contributed by atoms with Crippen LogP contribution >= 0.6 is 15.9 Å². The lowest BCUT2D eigenvalue weighted by atomic mass is 10.1. The summed E-state index contributed by atoms with van der Waals surface area (Å²) in [5, 5.41) is 10.9. The molecule has 0 unspecified atom stereocenters. The predicted octanol–water partition coefficient (Wildman–Crippen LogP) is 2.96. The summed E-state index contributed by atoms with van der Waals surface area (Å²) in [6, 6.07) is 6.06. The first-order valence-corrected chi connectivity index (χ1v) is 5.68. The fraction of sp³-hybridized carbons (Fsp3) is 0.182. The van der Waals surface area contributed by atoms with Crippen LogP contribution in [-0.4, -0.2) is 16.0 Å². The Labute approximate surface area is 101 Å². The summed E-state index contributed by atoms with van der Waals surface area (Å²) in [6.07, 6.45) is 1.71. The Bertz CT molecular complexity index is 437. The van der Waals surface area contributed by atoms with Crippen LogP contribution in [0.1, 0.15) is 12.5 Å². The molecular weight excluding hydrogens is 274 g/mol. The van der Waals surface area contributed by atoms with Crippen LogP contribution in [0.15, 0.2) is 29.8 Å². The van der Waals surface area contributed by atoms with Gasteiger partial charge in [-0.3, -0.25) is 14.9 Å².